The zero-order valence-corrected chi connectivity index (χ0v) is 25.2. The highest BCUT2D eigenvalue weighted by atomic mass is 16.6. The molecule has 1 saturated heterocycles. The summed E-state index contributed by atoms with van der Waals surface area (Å²) >= 11 is 0. The number of nitrogens with one attached hydrogen (secondary N) is 1. The molecule has 0 spiro atoms. The molecule has 3 aromatic heterocycles. The zero-order valence-electron chi connectivity index (χ0n) is 25.2. The molecule has 1 aliphatic rings. The number of anilines is 1. The Hall–Kier alpha value is -4.41. The number of rotatable bonds is 6. The van der Waals surface area contributed by atoms with Crippen LogP contribution in [0.2, 0.25) is 0 Å². The van der Waals surface area contributed by atoms with Gasteiger partial charge in [-0.3, -0.25) is 18.9 Å². The second-order valence-corrected chi connectivity index (χ2v) is 12.2. The molecule has 222 valence electrons. The van der Waals surface area contributed by atoms with Crippen molar-refractivity contribution in [1.29, 1.82) is 0 Å². The molecule has 0 radical (unpaired) electrons. The first kappa shape index (κ1) is 29.1. The van der Waals surface area contributed by atoms with Crippen molar-refractivity contribution >= 4 is 34.0 Å². The maximum Gasteiger partial charge on any atom is 0.407 e. The number of pyridine rings is 1. The van der Waals surface area contributed by atoms with Gasteiger partial charge in [0.2, 0.25) is 5.95 Å². The summed E-state index contributed by atoms with van der Waals surface area (Å²) in [6.45, 7) is 11.2. The smallest absolute Gasteiger partial charge is 0.407 e. The lowest BCUT2D eigenvalue weighted by molar-refractivity contribution is 0.0499. The number of allylic oxidation sites excluding steroid dienone is 2. The van der Waals surface area contributed by atoms with Crippen LogP contribution in [-0.2, 0) is 24.9 Å². The Labute approximate surface area is 244 Å². The fraction of sp³-hybridized carbons (Fsp3) is 0.452. The van der Waals surface area contributed by atoms with E-state index in [1.807, 2.05) is 69.5 Å². The minimum Gasteiger partial charge on any atom is -0.444 e. The van der Waals surface area contributed by atoms with Crippen molar-refractivity contribution in [2.75, 3.05) is 18.0 Å². The highest BCUT2D eigenvalue weighted by molar-refractivity contribution is 5.84. The molecule has 11 heteroatoms. The summed E-state index contributed by atoms with van der Waals surface area (Å²) in [6.07, 6.45) is 6.68. The lowest BCUT2D eigenvalue weighted by atomic mass is 10.1. The number of piperidine rings is 1. The molecule has 42 heavy (non-hydrogen) atoms. The van der Waals surface area contributed by atoms with Gasteiger partial charge in [-0.1, -0.05) is 35.9 Å². The molecule has 1 N–H and O–H groups in total. The predicted octanol–water partition coefficient (Wildman–Crippen LogP) is 3.95. The van der Waals surface area contributed by atoms with E-state index in [2.05, 4.69) is 15.2 Å². The number of hydrogen-bond donors (Lipinski definition) is 1. The van der Waals surface area contributed by atoms with E-state index in [0.717, 1.165) is 34.8 Å². The minimum absolute atomic E-state index is 0.0879. The van der Waals surface area contributed by atoms with Gasteiger partial charge in [-0.05, 0) is 58.4 Å². The molecule has 0 saturated carbocycles. The molecule has 1 amide bonds. The van der Waals surface area contributed by atoms with Gasteiger partial charge in [-0.15, -0.1) is 0 Å². The number of carbonyl (C=O) groups is 1. The quantitative estimate of drug-likeness (QED) is 0.347. The Bertz CT molecular complexity index is 1780. The molecular formula is C31H39N7O4. The van der Waals surface area contributed by atoms with E-state index in [0.29, 0.717) is 36.7 Å². The van der Waals surface area contributed by atoms with Gasteiger partial charge in [0, 0.05) is 50.5 Å². The number of benzene rings is 1. The van der Waals surface area contributed by atoms with Crippen molar-refractivity contribution in [2.45, 2.75) is 72.2 Å². The molecular weight excluding hydrogens is 534 g/mol. The zero-order chi connectivity index (χ0) is 30.2. The molecule has 0 bridgehead atoms. The third-order valence-electron chi connectivity index (χ3n) is 7.40. The Morgan fingerprint density at radius 2 is 1.90 bits per heavy atom. The van der Waals surface area contributed by atoms with Crippen molar-refractivity contribution < 1.29 is 9.53 Å². The summed E-state index contributed by atoms with van der Waals surface area (Å²) in [5.41, 5.74) is 1.14. The highest BCUT2D eigenvalue weighted by Crippen LogP contribution is 2.24. The lowest BCUT2D eigenvalue weighted by Crippen LogP contribution is -2.49. The molecule has 1 aliphatic heterocycles. The SMILES string of the molecule is CC(C)=CCn1c(N2CCCC(NC(=O)OC(C)(C)C)C2)nc2c1c(=O)n(Cc1cncc3ccccc13)c(=O)n2C. The van der Waals surface area contributed by atoms with Crippen molar-refractivity contribution in [2.24, 2.45) is 7.05 Å². The van der Waals surface area contributed by atoms with Gasteiger partial charge in [0.25, 0.3) is 5.56 Å². The average molecular weight is 574 g/mol. The largest absolute Gasteiger partial charge is 0.444 e. The molecule has 11 nitrogen and oxygen atoms in total. The van der Waals surface area contributed by atoms with Crippen LogP contribution in [0.1, 0.15) is 53.0 Å². The van der Waals surface area contributed by atoms with Crippen LogP contribution in [0.3, 0.4) is 0 Å². The molecule has 1 atom stereocenters. The van der Waals surface area contributed by atoms with Crippen LogP contribution in [0.15, 0.2) is 57.9 Å². The van der Waals surface area contributed by atoms with Crippen molar-refractivity contribution in [3.63, 3.8) is 0 Å². The van der Waals surface area contributed by atoms with E-state index in [1.165, 1.54) is 9.13 Å². The molecule has 1 aromatic carbocycles. The topological polar surface area (TPSA) is 116 Å². The van der Waals surface area contributed by atoms with Crippen LogP contribution < -0.4 is 21.5 Å². The number of carbonyl (C=O) groups excluding carboxylic acids is 1. The summed E-state index contributed by atoms with van der Waals surface area (Å²) in [5, 5.41) is 4.87. The number of aryl methyl sites for hydroxylation is 1. The summed E-state index contributed by atoms with van der Waals surface area (Å²) in [4.78, 5) is 51.4. The van der Waals surface area contributed by atoms with Gasteiger partial charge in [0.05, 0.1) is 6.54 Å². The second kappa shape index (κ2) is 11.5. The van der Waals surface area contributed by atoms with Crippen LogP contribution in [-0.4, -0.2) is 54.5 Å². The number of ether oxygens (including phenoxy) is 1. The van der Waals surface area contributed by atoms with Gasteiger partial charge in [-0.2, -0.15) is 4.98 Å². The molecule has 1 fully saturated rings. The van der Waals surface area contributed by atoms with Crippen molar-refractivity contribution in [3.05, 3.63) is 74.7 Å². The highest BCUT2D eigenvalue weighted by Gasteiger charge is 2.29. The number of alkyl carbamates (subject to hydrolysis) is 1. The monoisotopic (exact) mass is 573 g/mol. The third kappa shape index (κ3) is 5.95. The number of nitrogens with zero attached hydrogens (tertiary/aromatic N) is 6. The Morgan fingerprint density at radius 1 is 1.14 bits per heavy atom. The standard InChI is InChI=1S/C31H39N7O4/c1-20(2)13-15-37-25-26(34-28(37)36-14-9-11-23(19-36)33-29(40)42-31(3,4)5)35(6)30(41)38(27(25)39)18-22-17-32-16-21-10-7-8-12-24(21)22/h7-8,10,12-13,16-17,23H,9,11,14-15,18-19H2,1-6H3,(H,33,40). The normalized spacial score (nSPS) is 15.7. The predicted molar refractivity (Wildman–Crippen MR) is 164 cm³/mol. The van der Waals surface area contributed by atoms with Crippen LogP contribution in [0, 0.1) is 0 Å². The number of aromatic nitrogens is 5. The van der Waals surface area contributed by atoms with E-state index >= 15 is 0 Å². The Balaban J connectivity index is 1.58. The van der Waals surface area contributed by atoms with E-state index in [4.69, 9.17) is 9.72 Å². The number of fused-ring (bicyclic) bond motifs is 2. The van der Waals surface area contributed by atoms with Crippen LogP contribution in [0.5, 0.6) is 0 Å². The van der Waals surface area contributed by atoms with Gasteiger partial charge >= 0.3 is 11.8 Å². The second-order valence-electron chi connectivity index (χ2n) is 12.2. The van der Waals surface area contributed by atoms with Crippen LogP contribution in [0.4, 0.5) is 10.7 Å². The molecule has 4 heterocycles. The number of hydrogen-bond acceptors (Lipinski definition) is 7. The molecule has 4 aromatic rings. The maximum absolute atomic E-state index is 14.1. The Kier molecular flexibility index (Phi) is 7.94. The first-order valence-electron chi connectivity index (χ1n) is 14.3. The van der Waals surface area contributed by atoms with E-state index < -0.39 is 22.9 Å². The van der Waals surface area contributed by atoms with Crippen LogP contribution >= 0.6 is 0 Å². The molecule has 5 rings (SSSR count). The van der Waals surface area contributed by atoms with Crippen LogP contribution in [0.25, 0.3) is 21.9 Å². The van der Waals surface area contributed by atoms with Gasteiger partial charge in [0.1, 0.15) is 5.60 Å². The first-order chi connectivity index (χ1) is 19.9. The Morgan fingerprint density at radius 3 is 2.64 bits per heavy atom. The molecule has 0 aliphatic carbocycles. The summed E-state index contributed by atoms with van der Waals surface area (Å²) in [5.74, 6) is 0.592. The minimum atomic E-state index is -0.594. The summed E-state index contributed by atoms with van der Waals surface area (Å²) in [7, 11) is 1.65. The summed E-state index contributed by atoms with van der Waals surface area (Å²) < 4.78 is 10.1. The first-order valence-corrected chi connectivity index (χ1v) is 14.3. The lowest BCUT2D eigenvalue weighted by Gasteiger charge is -2.34. The van der Waals surface area contributed by atoms with E-state index in [-0.39, 0.29) is 12.6 Å². The van der Waals surface area contributed by atoms with E-state index in [9.17, 15) is 14.4 Å². The van der Waals surface area contributed by atoms with E-state index in [1.54, 1.807) is 19.4 Å². The number of amides is 1. The fourth-order valence-corrected chi connectivity index (χ4v) is 5.41. The van der Waals surface area contributed by atoms with Crippen molar-refractivity contribution in [1.82, 2.24) is 29.0 Å². The van der Waals surface area contributed by atoms with Gasteiger partial charge in [-0.25, -0.2) is 9.59 Å². The number of imidazole rings is 1. The fourth-order valence-electron chi connectivity index (χ4n) is 5.41. The van der Waals surface area contributed by atoms with Crippen molar-refractivity contribution in [3.8, 4) is 0 Å². The van der Waals surface area contributed by atoms with Gasteiger partial charge < -0.3 is 19.5 Å². The maximum atomic E-state index is 14.1. The van der Waals surface area contributed by atoms with Gasteiger partial charge in [0.15, 0.2) is 11.2 Å². The summed E-state index contributed by atoms with van der Waals surface area (Å²) in [6, 6.07) is 7.64. The third-order valence-corrected chi connectivity index (χ3v) is 7.40. The average Bonchev–Trinajstić information content (AvgIpc) is 3.32. The molecule has 1 unspecified atom stereocenters.